The molecule has 2 nitrogen and oxygen atoms in total. The van der Waals surface area contributed by atoms with E-state index in [1.165, 1.54) is 6.07 Å². The Kier molecular flexibility index (Phi) is 5.82. The van der Waals surface area contributed by atoms with Crippen molar-refractivity contribution in [3.8, 4) is 0 Å². The van der Waals surface area contributed by atoms with Crippen molar-refractivity contribution in [2.24, 2.45) is 11.7 Å². The second kappa shape index (κ2) is 6.91. The summed E-state index contributed by atoms with van der Waals surface area (Å²) < 4.78 is 38.7. The third kappa shape index (κ3) is 4.84. The lowest BCUT2D eigenvalue weighted by molar-refractivity contribution is -0.138. The Hall–Kier alpha value is -1.07. The van der Waals surface area contributed by atoms with E-state index in [9.17, 15) is 13.2 Å². The Morgan fingerprint density at radius 2 is 1.84 bits per heavy atom. The maximum absolute atomic E-state index is 12.9. The van der Waals surface area contributed by atoms with Gasteiger partial charge in [0.2, 0.25) is 0 Å². The molecule has 0 amide bonds. The van der Waals surface area contributed by atoms with Crippen molar-refractivity contribution in [2.75, 3.05) is 13.1 Å². The fraction of sp³-hybridized carbons (Fsp3) is 0.571. The lowest BCUT2D eigenvalue weighted by atomic mass is 9.93. The summed E-state index contributed by atoms with van der Waals surface area (Å²) in [5.74, 6) is 0.243. The van der Waals surface area contributed by atoms with Crippen LogP contribution in [0.3, 0.4) is 0 Å². The van der Waals surface area contributed by atoms with Gasteiger partial charge in [0.05, 0.1) is 5.56 Å². The molecule has 108 valence electrons. The summed E-state index contributed by atoms with van der Waals surface area (Å²) in [5, 5.41) is 3.20. The quantitative estimate of drug-likeness (QED) is 0.837. The highest BCUT2D eigenvalue weighted by atomic mass is 19.4. The molecular weight excluding hydrogens is 253 g/mol. The van der Waals surface area contributed by atoms with E-state index in [0.717, 1.165) is 6.07 Å². The van der Waals surface area contributed by atoms with Crippen molar-refractivity contribution in [1.29, 1.82) is 0 Å². The summed E-state index contributed by atoms with van der Waals surface area (Å²) in [6, 6.07) is 5.74. The van der Waals surface area contributed by atoms with Gasteiger partial charge < -0.3 is 11.1 Å². The van der Waals surface area contributed by atoms with Gasteiger partial charge in [-0.05, 0) is 24.0 Å². The minimum absolute atomic E-state index is 0.00736. The lowest BCUT2D eigenvalue weighted by Crippen LogP contribution is -2.39. The van der Waals surface area contributed by atoms with Gasteiger partial charge >= 0.3 is 6.18 Å². The third-order valence-corrected chi connectivity index (χ3v) is 3.12. The molecule has 0 fully saturated rings. The number of hydrogen-bond acceptors (Lipinski definition) is 2. The Labute approximate surface area is 112 Å². The average molecular weight is 274 g/mol. The minimum atomic E-state index is -4.30. The van der Waals surface area contributed by atoms with Crippen LogP contribution in [-0.2, 0) is 12.6 Å². The van der Waals surface area contributed by atoms with Crippen LogP contribution < -0.4 is 11.1 Å². The number of alkyl halides is 3. The third-order valence-electron chi connectivity index (χ3n) is 3.12. The summed E-state index contributed by atoms with van der Waals surface area (Å²) in [5.41, 5.74) is 5.21. The van der Waals surface area contributed by atoms with Gasteiger partial charge in [-0.2, -0.15) is 13.2 Å². The fourth-order valence-corrected chi connectivity index (χ4v) is 2.02. The van der Waals surface area contributed by atoms with E-state index in [0.29, 0.717) is 25.1 Å². The summed E-state index contributed by atoms with van der Waals surface area (Å²) in [6.07, 6.45) is -3.95. The standard InChI is InChI=1S/C14H21F3N2/c1-10(2)13(19-8-7-18)9-11-5-3-4-6-12(11)14(15,16)17/h3-6,10,13,19H,7-9,18H2,1-2H3. The molecule has 0 aliphatic rings. The number of benzene rings is 1. The Balaban J connectivity index is 2.90. The number of nitrogens with one attached hydrogen (secondary N) is 1. The van der Waals surface area contributed by atoms with E-state index in [4.69, 9.17) is 5.73 Å². The molecular formula is C14H21F3N2. The molecule has 0 saturated heterocycles. The first-order valence-corrected chi connectivity index (χ1v) is 6.44. The molecule has 19 heavy (non-hydrogen) atoms. The SMILES string of the molecule is CC(C)C(Cc1ccccc1C(F)(F)F)NCCN. The predicted molar refractivity (Wildman–Crippen MR) is 70.8 cm³/mol. The van der Waals surface area contributed by atoms with Crippen molar-refractivity contribution in [2.45, 2.75) is 32.5 Å². The molecule has 1 atom stereocenters. The largest absolute Gasteiger partial charge is 0.416 e. The van der Waals surface area contributed by atoms with E-state index in [2.05, 4.69) is 5.32 Å². The monoisotopic (exact) mass is 274 g/mol. The number of halogens is 3. The van der Waals surface area contributed by atoms with E-state index in [-0.39, 0.29) is 12.0 Å². The van der Waals surface area contributed by atoms with Crippen LogP contribution in [0.2, 0.25) is 0 Å². The average Bonchev–Trinajstić information content (AvgIpc) is 2.33. The van der Waals surface area contributed by atoms with Gasteiger partial charge in [0.25, 0.3) is 0 Å². The van der Waals surface area contributed by atoms with Crippen molar-refractivity contribution in [1.82, 2.24) is 5.32 Å². The molecule has 0 saturated carbocycles. The van der Waals surface area contributed by atoms with Gasteiger partial charge in [-0.25, -0.2) is 0 Å². The van der Waals surface area contributed by atoms with Gasteiger partial charge in [-0.15, -0.1) is 0 Å². The van der Waals surface area contributed by atoms with Crippen LogP contribution in [0.15, 0.2) is 24.3 Å². The Morgan fingerprint density at radius 1 is 1.21 bits per heavy atom. The second-order valence-electron chi connectivity index (χ2n) is 4.95. The van der Waals surface area contributed by atoms with Crippen molar-refractivity contribution < 1.29 is 13.2 Å². The van der Waals surface area contributed by atoms with Crippen LogP contribution in [-0.4, -0.2) is 19.1 Å². The molecule has 1 aromatic rings. The van der Waals surface area contributed by atoms with Crippen LogP contribution >= 0.6 is 0 Å². The molecule has 0 aliphatic carbocycles. The second-order valence-corrected chi connectivity index (χ2v) is 4.95. The van der Waals surface area contributed by atoms with Crippen LogP contribution in [0.4, 0.5) is 13.2 Å². The first-order chi connectivity index (χ1) is 8.86. The van der Waals surface area contributed by atoms with Gasteiger partial charge in [-0.1, -0.05) is 32.0 Å². The normalized spacial score (nSPS) is 13.8. The molecule has 3 N–H and O–H groups in total. The molecule has 0 bridgehead atoms. The Bertz CT molecular complexity index is 389. The summed E-state index contributed by atoms with van der Waals surface area (Å²) in [4.78, 5) is 0. The van der Waals surface area contributed by atoms with Crippen molar-refractivity contribution >= 4 is 0 Å². The summed E-state index contributed by atoms with van der Waals surface area (Å²) in [7, 11) is 0. The highest BCUT2D eigenvalue weighted by Crippen LogP contribution is 2.32. The zero-order chi connectivity index (χ0) is 14.5. The van der Waals surface area contributed by atoms with Crippen molar-refractivity contribution in [3.63, 3.8) is 0 Å². The highest BCUT2D eigenvalue weighted by molar-refractivity contribution is 5.30. The molecule has 5 heteroatoms. The molecule has 0 heterocycles. The molecule has 0 aromatic heterocycles. The van der Waals surface area contributed by atoms with Crippen LogP contribution in [0, 0.1) is 5.92 Å². The zero-order valence-electron chi connectivity index (χ0n) is 11.3. The highest BCUT2D eigenvalue weighted by Gasteiger charge is 2.33. The van der Waals surface area contributed by atoms with E-state index in [1.807, 2.05) is 13.8 Å². The fourth-order valence-electron chi connectivity index (χ4n) is 2.02. The topological polar surface area (TPSA) is 38.0 Å². The summed E-state index contributed by atoms with van der Waals surface area (Å²) in [6.45, 7) is 5.07. The Morgan fingerprint density at radius 3 is 2.37 bits per heavy atom. The van der Waals surface area contributed by atoms with Crippen LogP contribution in [0.5, 0.6) is 0 Å². The molecule has 0 radical (unpaired) electrons. The molecule has 0 spiro atoms. The van der Waals surface area contributed by atoms with Crippen LogP contribution in [0.1, 0.15) is 25.0 Å². The van der Waals surface area contributed by atoms with Crippen molar-refractivity contribution in [3.05, 3.63) is 35.4 Å². The van der Waals surface area contributed by atoms with E-state index >= 15 is 0 Å². The predicted octanol–water partition coefficient (Wildman–Crippen LogP) is 2.82. The maximum atomic E-state index is 12.9. The van der Waals surface area contributed by atoms with Gasteiger partial charge in [0.1, 0.15) is 0 Å². The number of hydrogen-bond donors (Lipinski definition) is 2. The number of nitrogens with two attached hydrogens (primary N) is 1. The number of rotatable bonds is 6. The summed E-state index contributed by atoms with van der Waals surface area (Å²) >= 11 is 0. The van der Waals surface area contributed by atoms with Gasteiger partial charge in [-0.3, -0.25) is 0 Å². The van der Waals surface area contributed by atoms with Gasteiger partial charge in [0, 0.05) is 19.1 Å². The van der Waals surface area contributed by atoms with E-state index in [1.54, 1.807) is 12.1 Å². The lowest BCUT2D eigenvalue weighted by Gasteiger charge is -2.24. The van der Waals surface area contributed by atoms with Crippen LogP contribution in [0.25, 0.3) is 0 Å². The van der Waals surface area contributed by atoms with E-state index < -0.39 is 11.7 Å². The van der Waals surface area contributed by atoms with Gasteiger partial charge in [0.15, 0.2) is 0 Å². The maximum Gasteiger partial charge on any atom is 0.416 e. The molecule has 1 rings (SSSR count). The molecule has 0 aliphatic heterocycles. The molecule has 1 aromatic carbocycles. The smallest absolute Gasteiger partial charge is 0.329 e. The zero-order valence-corrected chi connectivity index (χ0v) is 11.3. The first kappa shape index (κ1) is 16.0. The molecule has 1 unspecified atom stereocenters. The minimum Gasteiger partial charge on any atom is -0.329 e. The first-order valence-electron chi connectivity index (χ1n) is 6.44.